The monoisotopic (exact) mass is 171 g/mol. The third-order valence-electron chi connectivity index (χ3n) is 2.70. The van der Waals surface area contributed by atoms with Gasteiger partial charge in [-0.25, -0.2) is 0 Å². The highest BCUT2D eigenvalue weighted by molar-refractivity contribution is 4.76. The molecule has 1 heteroatoms. The topological polar surface area (TPSA) is 3.24 Å². The lowest BCUT2D eigenvalue weighted by molar-refractivity contribution is 0.317. The van der Waals surface area contributed by atoms with Crippen molar-refractivity contribution in [1.82, 2.24) is 4.90 Å². The Balaban J connectivity index is 0.000000561. The third-order valence-corrected chi connectivity index (χ3v) is 2.70. The van der Waals surface area contributed by atoms with Gasteiger partial charge in [0.15, 0.2) is 0 Å². The molecule has 1 atom stereocenters. The summed E-state index contributed by atoms with van der Waals surface area (Å²) in [5, 5.41) is 0. The summed E-state index contributed by atoms with van der Waals surface area (Å²) in [7, 11) is 0. The van der Waals surface area contributed by atoms with Crippen molar-refractivity contribution in [3.63, 3.8) is 0 Å². The van der Waals surface area contributed by atoms with Crippen molar-refractivity contribution in [3.05, 3.63) is 0 Å². The second-order valence-electron chi connectivity index (χ2n) is 3.69. The molecule has 1 aliphatic rings. The lowest BCUT2D eigenvalue weighted by Crippen LogP contribution is -2.21. The molecule has 0 aromatic carbocycles. The van der Waals surface area contributed by atoms with Crippen molar-refractivity contribution in [2.45, 2.75) is 41.0 Å². The van der Waals surface area contributed by atoms with Gasteiger partial charge in [-0.3, -0.25) is 0 Å². The zero-order valence-electron chi connectivity index (χ0n) is 9.43. The highest BCUT2D eigenvalue weighted by atomic mass is 15.1. The van der Waals surface area contributed by atoms with E-state index in [-0.39, 0.29) is 0 Å². The van der Waals surface area contributed by atoms with Crippen molar-refractivity contribution in [1.29, 1.82) is 0 Å². The molecule has 1 rings (SSSR count). The van der Waals surface area contributed by atoms with E-state index in [2.05, 4.69) is 25.7 Å². The summed E-state index contributed by atoms with van der Waals surface area (Å²) in [6.07, 6.45) is 1.42. The van der Waals surface area contributed by atoms with E-state index in [0.717, 1.165) is 11.8 Å². The van der Waals surface area contributed by atoms with E-state index < -0.39 is 0 Å². The number of hydrogen-bond donors (Lipinski definition) is 0. The maximum Gasteiger partial charge on any atom is 0.00125 e. The van der Waals surface area contributed by atoms with Gasteiger partial charge in [0, 0.05) is 6.54 Å². The molecule has 0 amide bonds. The molecule has 1 nitrogen and oxygen atoms in total. The third kappa shape index (κ3) is 3.57. The van der Waals surface area contributed by atoms with Gasteiger partial charge in [-0.1, -0.05) is 34.6 Å². The smallest absolute Gasteiger partial charge is 0.00125 e. The van der Waals surface area contributed by atoms with Crippen LogP contribution in [0.1, 0.15) is 41.0 Å². The van der Waals surface area contributed by atoms with E-state index in [1.165, 1.54) is 26.1 Å². The summed E-state index contributed by atoms with van der Waals surface area (Å²) in [5.74, 6) is 1.86. The summed E-state index contributed by atoms with van der Waals surface area (Å²) in [6, 6.07) is 0. The summed E-state index contributed by atoms with van der Waals surface area (Å²) >= 11 is 0. The minimum atomic E-state index is 0.886. The maximum absolute atomic E-state index is 2.55. The quantitative estimate of drug-likeness (QED) is 0.617. The zero-order valence-corrected chi connectivity index (χ0v) is 9.43. The van der Waals surface area contributed by atoms with E-state index in [4.69, 9.17) is 0 Å². The van der Waals surface area contributed by atoms with Crippen molar-refractivity contribution in [2.75, 3.05) is 19.6 Å². The van der Waals surface area contributed by atoms with Crippen LogP contribution >= 0.6 is 0 Å². The predicted octanol–water partition coefficient (Wildman–Crippen LogP) is 3.01. The fraction of sp³-hybridized carbons (Fsp3) is 1.00. The standard InChI is InChI=1S/C9H19N.C2H6/c1-4-10-6-5-9(7-10)8(2)3;1-2/h8-9H,4-7H2,1-3H3;1-2H3. The van der Waals surface area contributed by atoms with Crippen LogP contribution in [0.5, 0.6) is 0 Å². The van der Waals surface area contributed by atoms with Crippen LogP contribution in [-0.2, 0) is 0 Å². The van der Waals surface area contributed by atoms with Gasteiger partial charge in [0.25, 0.3) is 0 Å². The van der Waals surface area contributed by atoms with Crippen LogP contribution in [0.15, 0.2) is 0 Å². The Morgan fingerprint density at radius 2 is 1.92 bits per heavy atom. The molecule has 0 saturated carbocycles. The fourth-order valence-electron chi connectivity index (χ4n) is 1.69. The van der Waals surface area contributed by atoms with E-state index in [9.17, 15) is 0 Å². The average molecular weight is 171 g/mol. The van der Waals surface area contributed by atoms with Crippen LogP contribution in [0.25, 0.3) is 0 Å². The van der Waals surface area contributed by atoms with Gasteiger partial charge in [0.1, 0.15) is 0 Å². The molecule has 1 unspecified atom stereocenters. The van der Waals surface area contributed by atoms with Crippen molar-refractivity contribution in [2.24, 2.45) is 11.8 Å². The average Bonchev–Trinajstić information content (AvgIpc) is 2.55. The molecule has 74 valence electrons. The maximum atomic E-state index is 2.55. The highest BCUT2D eigenvalue weighted by Gasteiger charge is 2.22. The van der Waals surface area contributed by atoms with E-state index >= 15 is 0 Å². The van der Waals surface area contributed by atoms with E-state index in [1.54, 1.807) is 0 Å². The van der Waals surface area contributed by atoms with Crippen LogP contribution in [0.3, 0.4) is 0 Å². The first kappa shape index (κ1) is 12.0. The fourth-order valence-corrected chi connectivity index (χ4v) is 1.69. The molecule has 1 aliphatic heterocycles. The Hall–Kier alpha value is -0.0400. The van der Waals surface area contributed by atoms with Crippen molar-refractivity contribution in [3.8, 4) is 0 Å². The SMILES string of the molecule is CC.CCN1CCC(C(C)C)C1. The minimum absolute atomic E-state index is 0.886. The van der Waals surface area contributed by atoms with Crippen LogP contribution < -0.4 is 0 Å². The van der Waals surface area contributed by atoms with Gasteiger partial charge < -0.3 is 4.90 Å². The second kappa shape index (κ2) is 6.47. The van der Waals surface area contributed by atoms with Crippen LogP contribution in [0, 0.1) is 11.8 Å². The molecule has 0 N–H and O–H groups in total. The number of rotatable bonds is 2. The number of likely N-dealkylation sites (tertiary alicyclic amines) is 1. The lowest BCUT2D eigenvalue weighted by Gasteiger charge is -2.15. The van der Waals surface area contributed by atoms with Gasteiger partial charge >= 0.3 is 0 Å². The predicted molar refractivity (Wildman–Crippen MR) is 56.4 cm³/mol. The Kier molecular flexibility index (Phi) is 6.45. The lowest BCUT2D eigenvalue weighted by atomic mass is 9.95. The van der Waals surface area contributed by atoms with Gasteiger partial charge in [0.05, 0.1) is 0 Å². The van der Waals surface area contributed by atoms with Crippen molar-refractivity contribution < 1.29 is 0 Å². The molecule has 1 heterocycles. The first-order valence-electron chi connectivity index (χ1n) is 5.46. The van der Waals surface area contributed by atoms with Gasteiger partial charge in [0.2, 0.25) is 0 Å². The van der Waals surface area contributed by atoms with Gasteiger partial charge in [-0.2, -0.15) is 0 Å². The van der Waals surface area contributed by atoms with E-state index in [1.807, 2.05) is 13.8 Å². The molecule has 0 bridgehead atoms. The van der Waals surface area contributed by atoms with Gasteiger partial charge in [-0.05, 0) is 31.3 Å². The molecule has 0 aromatic heterocycles. The second-order valence-corrected chi connectivity index (χ2v) is 3.69. The first-order chi connectivity index (χ1) is 5.74. The Morgan fingerprint density at radius 1 is 1.33 bits per heavy atom. The van der Waals surface area contributed by atoms with Crippen LogP contribution in [-0.4, -0.2) is 24.5 Å². The summed E-state index contributed by atoms with van der Waals surface area (Å²) in [5.41, 5.74) is 0. The number of nitrogens with zero attached hydrogens (tertiary/aromatic N) is 1. The molecule has 0 aliphatic carbocycles. The molecule has 0 radical (unpaired) electrons. The summed E-state index contributed by atoms with van der Waals surface area (Å²) in [4.78, 5) is 2.55. The first-order valence-corrected chi connectivity index (χ1v) is 5.46. The Labute approximate surface area is 78.1 Å². The van der Waals surface area contributed by atoms with Crippen LogP contribution in [0.2, 0.25) is 0 Å². The van der Waals surface area contributed by atoms with Crippen molar-refractivity contribution >= 4 is 0 Å². The minimum Gasteiger partial charge on any atom is -0.303 e. The normalized spacial score (nSPS) is 24.0. The number of hydrogen-bond acceptors (Lipinski definition) is 1. The molecular weight excluding hydrogens is 146 g/mol. The molecule has 1 saturated heterocycles. The Morgan fingerprint density at radius 3 is 2.17 bits per heavy atom. The highest BCUT2D eigenvalue weighted by Crippen LogP contribution is 2.22. The molecule has 12 heavy (non-hydrogen) atoms. The molecular formula is C11H25N. The summed E-state index contributed by atoms with van der Waals surface area (Å²) in [6.45, 7) is 14.8. The van der Waals surface area contributed by atoms with Crippen LogP contribution in [0.4, 0.5) is 0 Å². The summed E-state index contributed by atoms with van der Waals surface area (Å²) < 4.78 is 0. The van der Waals surface area contributed by atoms with E-state index in [0.29, 0.717) is 0 Å². The molecule has 0 spiro atoms. The Bertz CT molecular complexity index is 99.2. The zero-order chi connectivity index (χ0) is 9.56. The molecule has 0 aromatic rings. The largest absolute Gasteiger partial charge is 0.303 e. The van der Waals surface area contributed by atoms with Gasteiger partial charge in [-0.15, -0.1) is 0 Å². The molecule has 1 fully saturated rings.